The van der Waals surface area contributed by atoms with Gasteiger partial charge in [-0.05, 0) is 42.0 Å². The Bertz CT molecular complexity index is 525. The van der Waals surface area contributed by atoms with Crippen molar-refractivity contribution in [2.45, 2.75) is 17.4 Å². The highest BCUT2D eigenvalue weighted by Crippen LogP contribution is 2.26. The molecule has 0 heterocycles. The fraction of sp³-hybridized carbons (Fsp3) is 0.250. The minimum Gasteiger partial charge on any atom is -0.497 e. The summed E-state index contributed by atoms with van der Waals surface area (Å²) in [6.07, 6.45) is 2.92. The molecular formula is C16H19NOS. The van der Waals surface area contributed by atoms with Crippen LogP contribution < -0.4 is 10.5 Å². The highest BCUT2D eigenvalue weighted by Gasteiger charge is 2.11. The van der Waals surface area contributed by atoms with E-state index in [9.17, 15) is 0 Å². The van der Waals surface area contributed by atoms with E-state index in [-0.39, 0.29) is 6.04 Å². The van der Waals surface area contributed by atoms with E-state index in [1.165, 1.54) is 16.0 Å². The van der Waals surface area contributed by atoms with Crippen LogP contribution in [0.1, 0.15) is 17.2 Å². The van der Waals surface area contributed by atoms with Crippen LogP contribution in [0.4, 0.5) is 0 Å². The number of hydrogen-bond acceptors (Lipinski definition) is 3. The summed E-state index contributed by atoms with van der Waals surface area (Å²) in [5.41, 5.74) is 8.77. The van der Waals surface area contributed by atoms with Gasteiger partial charge < -0.3 is 10.5 Å². The average Bonchev–Trinajstić information content (AvgIpc) is 2.48. The fourth-order valence-corrected chi connectivity index (χ4v) is 2.77. The third-order valence-corrected chi connectivity index (χ3v) is 3.96. The Kier molecular flexibility index (Phi) is 4.88. The minimum atomic E-state index is 0.0250. The molecule has 2 aromatic rings. The smallest absolute Gasteiger partial charge is 0.118 e. The fourth-order valence-electron chi connectivity index (χ4n) is 2.10. The van der Waals surface area contributed by atoms with Crippen molar-refractivity contribution in [3.8, 4) is 5.75 Å². The van der Waals surface area contributed by atoms with Crippen molar-refractivity contribution in [3.05, 3.63) is 59.7 Å². The van der Waals surface area contributed by atoms with E-state index in [1.54, 1.807) is 18.9 Å². The maximum absolute atomic E-state index is 6.33. The maximum Gasteiger partial charge on any atom is 0.118 e. The van der Waals surface area contributed by atoms with Gasteiger partial charge in [-0.25, -0.2) is 0 Å². The van der Waals surface area contributed by atoms with E-state index < -0.39 is 0 Å². The maximum atomic E-state index is 6.33. The van der Waals surface area contributed by atoms with E-state index in [4.69, 9.17) is 10.5 Å². The Hall–Kier alpha value is -1.45. The Balaban J connectivity index is 2.13. The lowest BCUT2D eigenvalue weighted by Gasteiger charge is -2.15. The van der Waals surface area contributed by atoms with Gasteiger partial charge in [-0.15, -0.1) is 11.8 Å². The van der Waals surface area contributed by atoms with Gasteiger partial charge in [-0.2, -0.15) is 0 Å². The zero-order valence-corrected chi connectivity index (χ0v) is 12.1. The summed E-state index contributed by atoms with van der Waals surface area (Å²) in [6, 6.07) is 16.4. The van der Waals surface area contributed by atoms with Gasteiger partial charge >= 0.3 is 0 Å². The third-order valence-electron chi connectivity index (χ3n) is 3.15. The van der Waals surface area contributed by atoms with Crippen molar-refractivity contribution in [1.82, 2.24) is 0 Å². The molecule has 0 saturated carbocycles. The van der Waals surface area contributed by atoms with Crippen molar-refractivity contribution in [2.24, 2.45) is 5.73 Å². The number of thioether (sulfide) groups is 1. The molecule has 0 radical (unpaired) electrons. The van der Waals surface area contributed by atoms with Gasteiger partial charge in [-0.1, -0.05) is 30.3 Å². The molecule has 0 aliphatic rings. The first kappa shape index (κ1) is 14.0. The van der Waals surface area contributed by atoms with Gasteiger partial charge in [0.25, 0.3) is 0 Å². The second kappa shape index (κ2) is 6.64. The molecule has 0 aromatic heterocycles. The monoisotopic (exact) mass is 273 g/mol. The Morgan fingerprint density at radius 2 is 1.79 bits per heavy atom. The van der Waals surface area contributed by atoms with E-state index in [1.807, 2.05) is 18.2 Å². The largest absolute Gasteiger partial charge is 0.497 e. The molecule has 19 heavy (non-hydrogen) atoms. The van der Waals surface area contributed by atoms with Crippen LogP contribution in [-0.2, 0) is 6.42 Å². The zero-order chi connectivity index (χ0) is 13.7. The number of hydrogen-bond donors (Lipinski definition) is 1. The molecule has 100 valence electrons. The number of nitrogens with two attached hydrogens (primary N) is 1. The van der Waals surface area contributed by atoms with Crippen molar-refractivity contribution in [3.63, 3.8) is 0 Å². The first-order chi connectivity index (χ1) is 9.24. The van der Waals surface area contributed by atoms with Crippen molar-refractivity contribution in [2.75, 3.05) is 13.4 Å². The van der Waals surface area contributed by atoms with Crippen LogP contribution in [0.2, 0.25) is 0 Å². The van der Waals surface area contributed by atoms with Crippen LogP contribution in [0.15, 0.2) is 53.4 Å². The molecule has 0 fully saturated rings. The lowest BCUT2D eigenvalue weighted by molar-refractivity contribution is 0.414. The second-order valence-electron chi connectivity index (χ2n) is 4.40. The number of methoxy groups -OCH3 is 1. The molecular weight excluding hydrogens is 254 g/mol. The van der Waals surface area contributed by atoms with Gasteiger partial charge in [0, 0.05) is 10.9 Å². The van der Waals surface area contributed by atoms with Gasteiger partial charge in [-0.3, -0.25) is 0 Å². The molecule has 2 nitrogen and oxygen atoms in total. The minimum absolute atomic E-state index is 0.0250. The molecule has 0 spiro atoms. The van der Waals surface area contributed by atoms with Crippen molar-refractivity contribution < 1.29 is 4.74 Å². The summed E-state index contributed by atoms with van der Waals surface area (Å²) in [5, 5.41) is 0. The summed E-state index contributed by atoms with van der Waals surface area (Å²) >= 11 is 1.74. The number of ether oxygens (including phenoxy) is 1. The standard InChI is InChI=1S/C16H19NOS/c1-18-13-9-7-12(8-10-13)11-15(17)14-5-3-4-6-16(14)19-2/h3-10,15H,11,17H2,1-2H3. The lowest BCUT2D eigenvalue weighted by atomic mass is 9.99. The Morgan fingerprint density at radius 3 is 2.42 bits per heavy atom. The van der Waals surface area contributed by atoms with Gasteiger partial charge in [0.2, 0.25) is 0 Å². The van der Waals surface area contributed by atoms with E-state index >= 15 is 0 Å². The van der Waals surface area contributed by atoms with Crippen LogP contribution >= 0.6 is 11.8 Å². The first-order valence-electron chi connectivity index (χ1n) is 6.26. The first-order valence-corrected chi connectivity index (χ1v) is 7.48. The molecule has 0 saturated heterocycles. The van der Waals surface area contributed by atoms with E-state index in [0.717, 1.165) is 12.2 Å². The van der Waals surface area contributed by atoms with Gasteiger partial charge in [0.15, 0.2) is 0 Å². The quantitative estimate of drug-likeness (QED) is 0.844. The molecule has 2 rings (SSSR count). The van der Waals surface area contributed by atoms with Gasteiger partial charge in [0.1, 0.15) is 5.75 Å². The van der Waals surface area contributed by atoms with Gasteiger partial charge in [0.05, 0.1) is 7.11 Å². The second-order valence-corrected chi connectivity index (χ2v) is 5.25. The topological polar surface area (TPSA) is 35.2 Å². The zero-order valence-electron chi connectivity index (χ0n) is 11.3. The molecule has 0 aliphatic carbocycles. The predicted molar refractivity (Wildman–Crippen MR) is 81.8 cm³/mol. The summed E-state index contributed by atoms with van der Waals surface area (Å²) in [5.74, 6) is 0.877. The van der Waals surface area contributed by atoms with Crippen molar-refractivity contribution >= 4 is 11.8 Å². The molecule has 1 unspecified atom stereocenters. The molecule has 3 heteroatoms. The Morgan fingerprint density at radius 1 is 1.11 bits per heavy atom. The Labute approximate surface area is 119 Å². The highest BCUT2D eigenvalue weighted by atomic mass is 32.2. The van der Waals surface area contributed by atoms with Crippen LogP contribution in [0.25, 0.3) is 0 Å². The van der Waals surface area contributed by atoms with Crippen molar-refractivity contribution in [1.29, 1.82) is 0 Å². The lowest BCUT2D eigenvalue weighted by Crippen LogP contribution is -2.14. The molecule has 0 bridgehead atoms. The normalized spacial score (nSPS) is 12.2. The summed E-state index contributed by atoms with van der Waals surface area (Å²) in [7, 11) is 1.68. The SMILES string of the molecule is COc1ccc(CC(N)c2ccccc2SC)cc1. The van der Waals surface area contributed by atoms with Crippen LogP contribution in [-0.4, -0.2) is 13.4 Å². The summed E-state index contributed by atoms with van der Waals surface area (Å²) in [6.45, 7) is 0. The molecule has 2 aromatic carbocycles. The summed E-state index contributed by atoms with van der Waals surface area (Å²) in [4.78, 5) is 1.25. The average molecular weight is 273 g/mol. The van der Waals surface area contributed by atoms with E-state index in [2.05, 4.69) is 36.6 Å². The molecule has 1 atom stereocenters. The predicted octanol–water partition coefficient (Wildman–Crippen LogP) is 3.66. The highest BCUT2D eigenvalue weighted by molar-refractivity contribution is 7.98. The molecule has 0 amide bonds. The molecule has 0 aliphatic heterocycles. The molecule has 2 N–H and O–H groups in total. The third kappa shape index (κ3) is 3.52. The number of rotatable bonds is 5. The van der Waals surface area contributed by atoms with Crippen LogP contribution in [0, 0.1) is 0 Å². The van der Waals surface area contributed by atoms with Crippen LogP contribution in [0.5, 0.6) is 5.75 Å². The van der Waals surface area contributed by atoms with Crippen LogP contribution in [0.3, 0.4) is 0 Å². The van der Waals surface area contributed by atoms with E-state index in [0.29, 0.717) is 0 Å². The summed E-state index contributed by atoms with van der Waals surface area (Å²) < 4.78 is 5.16. The number of benzene rings is 2.